The van der Waals surface area contributed by atoms with Crippen LogP contribution in [0.1, 0.15) is 32.0 Å². The molecule has 0 saturated carbocycles. The summed E-state index contributed by atoms with van der Waals surface area (Å²) in [4.78, 5) is 19.1. The number of carbonyl (C=O) groups is 1. The number of fused-ring (bicyclic) bond motifs is 3. The van der Waals surface area contributed by atoms with Gasteiger partial charge in [-0.05, 0) is 53.4 Å². The van der Waals surface area contributed by atoms with Gasteiger partial charge in [0.25, 0.3) is 17.0 Å². The molecule has 1 aliphatic heterocycles. The van der Waals surface area contributed by atoms with Crippen molar-refractivity contribution in [3.8, 4) is 28.6 Å². The molecular weight excluding hydrogens is 508 g/mol. The number of nitrogens with zero attached hydrogens (tertiary/aromatic N) is 4. The number of rotatable bonds is 6. The highest BCUT2D eigenvalue weighted by Crippen LogP contribution is 2.44. The largest absolute Gasteiger partial charge is 0.854 e. The van der Waals surface area contributed by atoms with Crippen LogP contribution in [-0.2, 0) is 4.79 Å². The molecule has 1 aliphatic rings. The highest BCUT2D eigenvalue weighted by atomic mass is 79.9. The summed E-state index contributed by atoms with van der Waals surface area (Å²) in [5, 5.41) is 18.1. The second-order valence-corrected chi connectivity index (χ2v) is 8.80. The van der Waals surface area contributed by atoms with Crippen molar-refractivity contribution in [2.75, 3.05) is 24.9 Å². The molecule has 172 valence electrons. The summed E-state index contributed by atoms with van der Waals surface area (Å²) < 4.78 is 13.6. The van der Waals surface area contributed by atoms with Crippen LogP contribution in [0.2, 0.25) is 0 Å². The van der Waals surface area contributed by atoms with Gasteiger partial charge in [-0.1, -0.05) is 35.5 Å². The number of benzene rings is 2. The zero-order valence-corrected chi connectivity index (χ0v) is 21.1. The number of ether oxygens (including phenoxy) is 2. The van der Waals surface area contributed by atoms with E-state index >= 15 is 0 Å². The lowest BCUT2D eigenvalue weighted by atomic mass is 10.0. The number of thioether (sulfide) groups is 1. The van der Waals surface area contributed by atoms with Gasteiger partial charge in [0.15, 0.2) is 11.5 Å². The van der Waals surface area contributed by atoms with Crippen LogP contribution in [0.3, 0.4) is 0 Å². The number of halogens is 1. The summed E-state index contributed by atoms with van der Waals surface area (Å²) >= 11 is 4.84. The fourth-order valence-corrected chi connectivity index (χ4v) is 4.92. The van der Waals surface area contributed by atoms with Crippen LogP contribution in [0.5, 0.6) is 17.4 Å². The van der Waals surface area contributed by atoms with Gasteiger partial charge in [0.05, 0.1) is 40.9 Å². The fraction of sp³-hybridized carbons (Fsp3) is 0.304. The van der Waals surface area contributed by atoms with Crippen LogP contribution in [0.15, 0.2) is 46.0 Å². The quantitative estimate of drug-likeness (QED) is 0.354. The molecule has 4 rings (SSSR count). The molecule has 3 aromatic rings. The minimum absolute atomic E-state index is 0.104. The number of hydrogen-bond donors (Lipinski definition) is 0. The molecule has 0 fully saturated rings. The number of aromatic nitrogens is 3. The van der Waals surface area contributed by atoms with Crippen molar-refractivity contribution in [3.05, 3.63) is 46.4 Å². The maximum atomic E-state index is 13.3. The maximum absolute atomic E-state index is 13.3. The van der Waals surface area contributed by atoms with Gasteiger partial charge in [-0.2, -0.15) is 0 Å². The third kappa shape index (κ3) is 4.02. The number of hydrogen-bond acceptors (Lipinski definition) is 7. The lowest BCUT2D eigenvalue weighted by Crippen LogP contribution is -2.59. The highest BCUT2D eigenvalue weighted by molar-refractivity contribution is 9.10. The second-order valence-electron chi connectivity index (χ2n) is 7.17. The summed E-state index contributed by atoms with van der Waals surface area (Å²) in [6.07, 6.45) is 1.37. The van der Waals surface area contributed by atoms with Crippen molar-refractivity contribution < 1.29 is 24.1 Å². The van der Waals surface area contributed by atoms with Gasteiger partial charge < -0.3 is 14.6 Å². The first kappa shape index (κ1) is 23.3. The molecule has 8 nitrogen and oxygen atoms in total. The van der Waals surface area contributed by atoms with Gasteiger partial charge in [0.1, 0.15) is 0 Å². The fourth-order valence-electron chi connectivity index (χ4n) is 3.96. The lowest BCUT2D eigenvalue weighted by Gasteiger charge is -2.33. The van der Waals surface area contributed by atoms with Crippen molar-refractivity contribution in [3.63, 3.8) is 0 Å². The van der Waals surface area contributed by atoms with E-state index in [4.69, 9.17) is 9.47 Å². The number of amides is 1. The normalized spacial score (nSPS) is 14.5. The molecule has 1 amide bonds. The van der Waals surface area contributed by atoms with Crippen LogP contribution in [0.25, 0.3) is 11.3 Å². The Kier molecular flexibility index (Phi) is 6.76. The molecule has 0 radical (unpaired) electrons. The summed E-state index contributed by atoms with van der Waals surface area (Å²) in [5.41, 5.74) is 2.29. The third-order valence-electron chi connectivity index (χ3n) is 5.30. The van der Waals surface area contributed by atoms with Crippen molar-refractivity contribution in [1.82, 2.24) is 10.1 Å². The van der Waals surface area contributed by atoms with Crippen molar-refractivity contribution >= 4 is 39.3 Å². The second kappa shape index (κ2) is 9.56. The average Bonchev–Trinajstić information content (AvgIpc) is 2.82. The number of para-hydroxylation sites is 1. The molecule has 2 heterocycles. The number of methoxy groups -OCH3 is 1. The predicted octanol–water partition coefficient (Wildman–Crippen LogP) is 3.70. The van der Waals surface area contributed by atoms with E-state index < -0.39 is 12.0 Å². The van der Waals surface area contributed by atoms with Crippen LogP contribution in [0, 0.1) is 0 Å². The molecule has 0 aliphatic carbocycles. The predicted molar refractivity (Wildman–Crippen MR) is 127 cm³/mol. The molecule has 0 N–H and O–H groups in total. The van der Waals surface area contributed by atoms with Crippen molar-refractivity contribution in [2.45, 2.75) is 31.6 Å². The molecule has 0 saturated heterocycles. The SMILES string of the molecule is CCOc1cc(C2N(C(=O)CC)c3ccccc3-c3c([O-])nc(SC)n[n+]32)cc(Br)c1OC. The minimum Gasteiger partial charge on any atom is -0.854 e. The lowest BCUT2D eigenvalue weighted by molar-refractivity contribution is -0.764. The standard InChI is InChI=1S/C23H23BrN4O4S/c1-5-18(29)27-16-10-8-7-9-14(16)19-21(30)25-23(33-4)26-28(19)22(27)13-11-15(24)20(31-3)17(12-13)32-6-2/h7-12,22H,5-6H2,1-4H3. The molecule has 1 unspecified atom stereocenters. The number of anilines is 1. The Bertz CT molecular complexity index is 1220. The van der Waals surface area contributed by atoms with E-state index in [1.807, 2.05) is 50.2 Å². The molecule has 0 bridgehead atoms. The molecule has 1 atom stereocenters. The van der Waals surface area contributed by atoms with Crippen LogP contribution in [-0.4, -0.2) is 36.0 Å². The van der Waals surface area contributed by atoms with Crippen LogP contribution >= 0.6 is 27.7 Å². The van der Waals surface area contributed by atoms with Crippen molar-refractivity contribution in [2.24, 2.45) is 0 Å². The zero-order chi connectivity index (χ0) is 23.7. The first-order valence-electron chi connectivity index (χ1n) is 10.4. The van der Waals surface area contributed by atoms with E-state index in [0.717, 1.165) is 0 Å². The van der Waals surface area contributed by atoms with E-state index in [2.05, 4.69) is 26.0 Å². The Balaban J connectivity index is 2.07. The molecule has 0 spiro atoms. The molecule has 1 aromatic heterocycles. The zero-order valence-electron chi connectivity index (χ0n) is 18.7. The van der Waals surface area contributed by atoms with Crippen molar-refractivity contribution in [1.29, 1.82) is 0 Å². The van der Waals surface area contributed by atoms with Gasteiger partial charge in [-0.25, -0.2) is 9.88 Å². The minimum atomic E-state index is -0.717. The van der Waals surface area contributed by atoms with Gasteiger partial charge in [0, 0.05) is 11.5 Å². The molecule has 33 heavy (non-hydrogen) atoms. The van der Waals surface area contributed by atoms with Crippen LogP contribution in [0.4, 0.5) is 5.69 Å². The highest BCUT2D eigenvalue weighted by Gasteiger charge is 2.44. The summed E-state index contributed by atoms with van der Waals surface area (Å²) in [6.45, 7) is 4.13. The first-order chi connectivity index (χ1) is 15.9. The average molecular weight is 531 g/mol. The summed E-state index contributed by atoms with van der Waals surface area (Å²) in [7, 11) is 1.57. The maximum Gasteiger partial charge on any atom is 0.293 e. The van der Waals surface area contributed by atoms with Gasteiger partial charge in [-0.3, -0.25) is 4.79 Å². The Morgan fingerprint density at radius 3 is 2.73 bits per heavy atom. The van der Waals surface area contributed by atoms with E-state index in [-0.39, 0.29) is 12.3 Å². The van der Waals surface area contributed by atoms with Crippen LogP contribution < -0.4 is 24.2 Å². The monoisotopic (exact) mass is 530 g/mol. The summed E-state index contributed by atoms with van der Waals surface area (Å²) in [5.74, 6) is 0.573. The topological polar surface area (TPSA) is 91.5 Å². The molecular formula is C23H23BrN4O4S. The molecule has 10 heteroatoms. The van der Waals surface area contributed by atoms with Gasteiger partial charge in [-0.15, -0.1) is 0 Å². The third-order valence-corrected chi connectivity index (χ3v) is 6.43. The van der Waals surface area contributed by atoms with E-state index in [1.165, 1.54) is 11.8 Å². The molecule has 2 aromatic carbocycles. The smallest absolute Gasteiger partial charge is 0.293 e. The Morgan fingerprint density at radius 1 is 1.30 bits per heavy atom. The number of carbonyl (C=O) groups excluding carboxylic acids is 1. The summed E-state index contributed by atoms with van der Waals surface area (Å²) in [6, 6.07) is 11.0. The Hall–Kier alpha value is -2.85. The Morgan fingerprint density at radius 2 is 2.06 bits per heavy atom. The van der Waals surface area contributed by atoms with Gasteiger partial charge >= 0.3 is 0 Å². The van der Waals surface area contributed by atoms with E-state index in [0.29, 0.717) is 50.2 Å². The van der Waals surface area contributed by atoms with Gasteiger partial charge in [0.2, 0.25) is 5.91 Å². The Labute approximate surface area is 204 Å². The van der Waals surface area contributed by atoms with E-state index in [9.17, 15) is 9.90 Å². The first-order valence-corrected chi connectivity index (χ1v) is 12.4. The van der Waals surface area contributed by atoms with E-state index in [1.54, 1.807) is 22.9 Å².